The Hall–Kier alpha value is -0.986. The lowest BCUT2D eigenvalue weighted by molar-refractivity contribution is -0.143. The molecule has 0 saturated carbocycles. The second-order valence-corrected chi connectivity index (χ2v) is 5.20. The van der Waals surface area contributed by atoms with E-state index in [1.54, 1.807) is 13.0 Å². The van der Waals surface area contributed by atoms with E-state index in [0.717, 1.165) is 6.42 Å². The van der Waals surface area contributed by atoms with Crippen LogP contribution in [0.5, 0.6) is 0 Å². The molecule has 0 saturated heterocycles. The number of carbonyl (C=O) groups is 1. The average molecular weight is 297 g/mol. The second-order valence-electron chi connectivity index (χ2n) is 4.04. The van der Waals surface area contributed by atoms with Crippen LogP contribution >= 0.6 is 0 Å². The van der Waals surface area contributed by atoms with Crippen molar-refractivity contribution in [2.24, 2.45) is 5.92 Å². The summed E-state index contributed by atoms with van der Waals surface area (Å²) in [5, 5.41) is 8.96. The molecule has 105 valence electrons. The van der Waals surface area contributed by atoms with Crippen molar-refractivity contribution >= 4 is 31.3 Å². The molecule has 19 heavy (non-hydrogen) atoms. The summed E-state index contributed by atoms with van der Waals surface area (Å²) in [4.78, 5) is 10.9. The van der Waals surface area contributed by atoms with E-state index in [1.165, 1.54) is 0 Å². The lowest BCUT2D eigenvalue weighted by atomic mass is 10.1. The van der Waals surface area contributed by atoms with Gasteiger partial charge in [0, 0.05) is 6.42 Å². The van der Waals surface area contributed by atoms with Gasteiger partial charge in [-0.05, 0) is 20.4 Å². The highest BCUT2D eigenvalue weighted by atomic mass is 28.2. The first-order valence-corrected chi connectivity index (χ1v) is 8.61. The zero-order chi connectivity index (χ0) is 14.7. The highest BCUT2D eigenvalue weighted by Crippen LogP contribution is 2.09. The third-order valence-corrected chi connectivity index (χ3v) is 3.51. The first-order valence-electron chi connectivity index (χ1n) is 6.09. The largest absolute Gasteiger partial charge is 0.546 e. The first-order chi connectivity index (χ1) is 9.02. The molecule has 0 heterocycles. The molecule has 3 unspecified atom stereocenters. The number of hydrogen-bond acceptors (Lipinski definition) is 3. The minimum Gasteiger partial charge on any atom is -0.546 e. The summed E-state index contributed by atoms with van der Waals surface area (Å²) in [5.41, 5.74) is 0. The van der Waals surface area contributed by atoms with Gasteiger partial charge in [-0.25, -0.2) is 0 Å². The second kappa shape index (κ2) is 10.9. The topological polar surface area (TPSA) is 55.8 Å². The third kappa shape index (κ3) is 8.69. The van der Waals surface area contributed by atoms with Crippen LogP contribution in [0.1, 0.15) is 20.3 Å². The molecular formula is C13H21O4Si2. The van der Waals surface area contributed by atoms with Gasteiger partial charge >= 0.3 is 5.97 Å². The van der Waals surface area contributed by atoms with Crippen molar-refractivity contribution in [1.82, 2.24) is 0 Å². The normalized spacial score (nSPS) is 16.4. The lowest BCUT2D eigenvalue weighted by Gasteiger charge is -2.16. The summed E-state index contributed by atoms with van der Waals surface area (Å²) in [6, 6.07) is 0. The molecule has 3 radical (unpaired) electrons. The quantitative estimate of drug-likeness (QED) is 0.493. The van der Waals surface area contributed by atoms with E-state index < -0.39 is 11.9 Å². The lowest BCUT2D eigenvalue weighted by Crippen LogP contribution is -2.27. The zero-order valence-electron chi connectivity index (χ0n) is 11.6. The van der Waals surface area contributed by atoms with Gasteiger partial charge in [-0.3, -0.25) is 4.79 Å². The molecule has 0 aromatic heterocycles. The maximum atomic E-state index is 10.9. The summed E-state index contributed by atoms with van der Waals surface area (Å²) in [7, 11) is 0.520. The predicted molar refractivity (Wildman–Crippen MR) is 79.6 cm³/mol. The Morgan fingerprint density at radius 2 is 2.05 bits per heavy atom. The van der Waals surface area contributed by atoms with Crippen LogP contribution in [0.4, 0.5) is 0 Å². The number of aliphatic carboxylic acids is 1. The fourth-order valence-electron chi connectivity index (χ4n) is 1.30. The van der Waals surface area contributed by atoms with Crippen molar-refractivity contribution in [3.63, 3.8) is 0 Å². The van der Waals surface area contributed by atoms with Crippen LogP contribution < -0.4 is 0 Å². The molecule has 0 rings (SSSR count). The van der Waals surface area contributed by atoms with Gasteiger partial charge in [0.05, 0.1) is 18.1 Å². The van der Waals surface area contributed by atoms with Gasteiger partial charge in [0.1, 0.15) is 0 Å². The average Bonchev–Trinajstić information content (AvgIpc) is 2.36. The molecule has 3 atom stereocenters. The Morgan fingerprint density at radius 1 is 1.37 bits per heavy atom. The van der Waals surface area contributed by atoms with Crippen molar-refractivity contribution in [3.8, 4) is 0 Å². The molecule has 0 aromatic carbocycles. The molecule has 1 N–H and O–H groups in total. The fourth-order valence-corrected chi connectivity index (χ4v) is 2.23. The summed E-state index contributed by atoms with van der Waals surface area (Å²) in [5.74, 6) is -1.40. The number of allylic oxidation sites excluding steroid dienone is 2. The Balaban J connectivity index is 4.27. The van der Waals surface area contributed by atoms with Crippen molar-refractivity contribution in [2.75, 3.05) is 0 Å². The van der Waals surface area contributed by atoms with Crippen LogP contribution in [0, 0.1) is 5.92 Å². The predicted octanol–water partition coefficient (Wildman–Crippen LogP) is 1.72. The van der Waals surface area contributed by atoms with Gasteiger partial charge in [-0.1, -0.05) is 30.5 Å². The van der Waals surface area contributed by atoms with Gasteiger partial charge in [-0.2, -0.15) is 0 Å². The Morgan fingerprint density at radius 3 is 2.58 bits per heavy atom. The molecule has 0 aromatic rings. The van der Waals surface area contributed by atoms with Crippen LogP contribution in [0.15, 0.2) is 24.3 Å². The number of hydrogen-bond donors (Lipinski definition) is 1. The van der Waals surface area contributed by atoms with E-state index in [9.17, 15) is 4.79 Å². The SMILES string of the molecule is C=[Si]OC(C)C/C=C/C=C/C(O[Si]C)C(C)C(=O)O. The van der Waals surface area contributed by atoms with Crippen molar-refractivity contribution in [1.29, 1.82) is 0 Å². The van der Waals surface area contributed by atoms with Gasteiger partial charge < -0.3 is 14.0 Å². The molecule has 6 heteroatoms. The van der Waals surface area contributed by atoms with Crippen LogP contribution in [0.3, 0.4) is 0 Å². The van der Waals surface area contributed by atoms with E-state index in [1.807, 2.05) is 31.7 Å². The van der Waals surface area contributed by atoms with Gasteiger partial charge in [0.25, 0.3) is 9.38 Å². The standard InChI is InChI=1S/C13H21O4Si2/c1-10(16-18-3)8-6-5-7-9-12(17-19-4)11(2)13(14)15/h5-7,9-12H,3,8H2,1-2,4H3,(H,14,15)/b6-5+,9-7+. The molecule has 0 spiro atoms. The molecule has 0 fully saturated rings. The molecule has 0 amide bonds. The zero-order valence-corrected chi connectivity index (χ0v) is 13.6. The third-order valence-electron chi connectivity index (χ3n) is 2.44. The number of carboxylic acids is 1. The fraction of sp³-hybridized carbons (Fsp3) is 0.538. The van der Waals surface area contributed by atoms with Crippen molar-refractivity contribution in [2.45, 2.75) is 39.0 Å². The molecule has 0 aliphatic rings. The number of rotatable bonds is 10. The van der Waals surface area contributed by atoms with Crippen LogP contribution in [-0.2, 0) is 13.6 Å². The molecule has 0 aliphatic carbocycles. The van der Waals surface area contributed by atoms with E-state index >= 15 is 0 Å². The van der Waals surface area contributed by atoms with E-state index in [0.29, 0.717) is 0 Å². The van der Waals surface area contributed by atoms with E-state index in [4.69, 9.17) is 14.0 Å². The first kappa shape index (κ1) is 18.0. The Labute approximate surface area is 120 Å². The molecular weight excluding hydrogens is 276 g/mol. The van der Waals surface area contributed by atoms with Gasteiger partial charge in [0.15, 0.2) is 0 Å². The van der Waals surface area contributed by atoms with Crippen molar-refractivity contribution < 1.29 is 18.8 Å². The summed E-state index contributed by atoms with van der Waals surface area (Å²) in [6.45, 7) is 5.51. The maximum absolute atomic E-state index is 10.9. The Bertz CT molecular complexity index is 329. The highest BCUT2D eigenvalue weighted by molar-refractivity contribution is 6.33. The van der Waals surface area contributed by atoms with E-state index in [-0.39, 0.29) is 31.3 Å². The minimum atomic E-state index is -0.852. The van der Waals surface area contributed by atoms with Crippen LogP contribution in [0.25, 0.3) is 0 Å². The maximum Gasteiger partial charge on any atom is 0.309 e. The molecule has 4 nitrogen and oxygen atoms in total. The summed E-state index contributed by atoms with van der Waals surface area (Å²) >= 11 is 0. The summed E-state index contributed by atoms with van der Waals surface area (Å²) in [6.07, 6.45) is 11.7. The van der Waals surface area contributed by atoms with E-state index in [2.05, 4.69) is 6.17 Å². The van der Waals surface area contributed by atoms with Crippen LogP contribution in [0.2, 0.25) is 6.55 Å². The van der Waals surface area contributed by atoms with Gasteiger partial charge in [0.2, 0.25) is 9.76 Å². The summed E-state index contributed by atoms with van der Waals surface area (Å²) < 4.78 is 10.7. The monoisotopic (exact) mass is 297 g/mol. The minimum absolute atomic E-state index is 0.155. The number of carboxylic acid groups (broad SMARTS) is 1. The smallest absolute Gasteiger partial charge is 0.309 e. The van der Waals surface area contributed by atoms with Gasteiger partial charge in [-0.15, -0.1) is 0 Å². The molecule has 0 bridgehead atoms. The molecule has 0 aliphatic heterocycles. The van der Waals surface area contributed by atoms with Crippen molar-refractivity contribution in [3.05, 3.63) is 24.3 Å². The highest BCUT2D eigenvalue weighted by Gasteiger charge is 2.20. The Kier molecular flexibility index (Phi) is 10.3. The van der Waals surface area contributed by atoms with Crippen LogP contribution in [-0.4, -0.2) is 48.6 Å².